The molecule has 1 saturated heterocycles. The number of rotatable bonds is 3. The number of halogens is 1. The topological polar surface area (TPSA) is 81.8 Å². The quantitative estimate of drug-likeness (QED) is 0.567. The molecule has 4 heterocycles. The van der Waals surface area contributed by atoms with Crippen molar-refractivity contribution in [1.29, 1.82) is 0 Å². The number of hydrogen-bond donors (Lipinski definition) is 0. The molecule has 5 rings (SSSR count). The van der Waals surface area contributed by atoms with Crippen LogP contribution in [0.4, 0.5) is 0 Å². The van der Waals surface area contributed by atoms with Crippen molar-refractivity contribution in [3.63, 3.8) is 0 Å². The van der Waals surface area contributed by atoms with Crippen molar-refractivity contribution in [1.82, 2.24) is 9.47 Å². The van der Waals surface area contributed by atoms with E-state index in [1.165, 1.54) is 0 Å². The molecule has 1 amide bonds. The Labute approximate surface area is 189 Å². The van der Waals surface area contributed by atoms with Crippen molar-refractivity contribution in [3.8, 4) is 5.75 Å². The molecule has 2 bridgehead atoms. The molecular formula is C24H23ClN2O5. The van der Waals surface area contributed by atoms with Gasteiger partial charge in [-0.2, -0.15) is 0 Å². The molecule has 32 heavy (non-hydrogen) atoms. The molecule has 2 aliphatic rings. The lowest BCUT2D eigenvalue weighted by atomic mass is 9.83. The summed E-state index contributed by atoms with van der Waals surface area (Å²) in [6.07, 6.45) is 0.975. The first-order valence-electron chi connectivity index (χ1n) is 10.7. The molecule has 2 atom stereocenters. The normalized spacial score (nSPS) is 19.7. The van der Waals surface area contributed by atoms with Crippen molar-refractivity contribution >= 4 is 28.5 Å². The Kier molecular flexibility index (Phi) is 5.08. The number of pyridine rings is 1. The van der Waals surface area contributed by atoms with Gasteiger partial charge in [-0.15, -0.1) is 0 Å². The average Bonchev–Trinajstić information content (AvgIpc) is 2.77. The van der Waals surface area contributed by atoms with Gasteiger partial charge in [0.1, 0.15) is 11.3 Å². The Balaban J connectivity index is 1.33. The zero-order valence-electron chi connectivity index (χ0n) is 17.9. The third-order valence-electron chi connectivity index (χ3n) is 6.69. The summed E-state index contributed by atoms with van der Waals surface area (Å²) in [6.45, 7) is 5.17. The number of hydrogen-bond acceptors (Lipinski definition) is 5. The molecule has 0 spiro atoms. The largest absolute Gasteiger partial charge is 0.482 e. The molecule has 8 heteroatoms. The first kappa shape index (κ1) is 20.8. The first-order valence-corrected chi connectivity index (χ1v) is 11.0. The van der Waals surface area contributed by atoms with Crippen molar-refractivity contribution in [2.24, 2.45) is 5.92 Å². The molecule has 0 unspecified atom stereocenters. The van der Waals surface area contributed by atoms with Gasteiger partial charge in [0.15, 0.2) is 6.61 Å². The second kappa shape index (κ2) is 7.81. The number of carbonyl (C=O) groups is 1. The minimum absolute atomic E-state index is 0.0170. The molecule has 1 fully saturated rings. The molecule has 0 aliphatic carbocycles. The predicted octanol–water partition coefficient (Wildman–Crippen LogP) is 3.25. The smallest absolute Gasteiger partial charge is 0.339 e. The summed E-state index contributed by atoms with van der Waals surface area (Å²) in [6, 6.07) is 8.59. The minimum Gasteiger partial charge on any atom is -0.482 e. The van der Waals surface area contributed by atoms with Crippen LogP contribution in [-0.2, 0) is 11.3 Å². The van der Waals surface area contributed by atoms with Crippen LogP contribution in [0.25, 0.3) is 11.0 Å². The highest BCUT2D eigenvalue weighted by molar-refractivity contribution is 6.32. The zero-order chi connectivity index (χ0) is 22.6. The van der Waals surface area contributed by atoms with E-state index in [-0.39, 0.29) is 29.9 Å². The van der Waals surface area contributed by atoms with Crippen LogP contribution >= 0.6 is 11.6 Å². The number of likely N-dealkylation sites (tertiary alicyclic amines) is 1. The summed E-state index contributed by atoms with van der Waals surface area (Å²) in [5, 5.41) is 1.09. The van der Waals surface area contributed by atoms with E-state index in [4.69, 9.17) is 20.8 Å². The van der Waals surface area contributed by atoms with Crippen molar-refractivity contribution in [3.05, 3.63) is 72.9 Å². The number of fused-ring (bicyclic) bond motifs is 5. The SMILES string of the molecule is Cc1c(C)c2cc(Cl)c(OCC(=O)N3C[C@H]4C[C@H](C3)c3cccc(=O)n3C4)cc2oc1=O. The number of ether oxygens (including phenoxy) is 1. The minimum atomic E-state index is -0.404. The maximum Gasteiger partial charge on any atom is 0.339 e. The molecule has 2 aliphatic heterocycles. The third-order valence-corrected chi connectivity index (χ3v) is 6.99. The Hall–Kier alpha value is -3.06. The number of aromatic nitrogens is 1. The molecule has 166 valence electrons. The lowest BCUT2D eigenvalue weighted by molar-refractivity contribution is -0.136. The van der Waals surface area contributed by atoms with E-state index in [0.717, 1.165) is 23.1 Å². The molecule has 0 radical (unpaired) electrons. The fourth-order valence-electron chi connectivity index (χ4n) is 4.89. The van der Waals surface area contributed by atoms with Crippen LogP contribution in [0.15, 0.2) is 44.3 Å². The van der Waals surface area contributed by atoms with Gasteiger partial charge in [0.25, 0.3) is 11.5 Å². The average molecular weight is 455 g/mol. The van der Waals surface area contributed by atoms with Crippen LogP contribution in [0.1, 0.15) is 29.2 Å². The monoisotopic (exact) mass is 454 g/mol. The van der Waals surface area contributed by atoms with E-state index in [9.17, 15) is 14.4 Å². The Morgan fingerprint density at radius 2 is 1.97 bits per heavy atom. The van der Waals surface area contributed by atoms with Crippen LogP contribution < -0.4 is 15.9 Å². The van der Waals surface area contributed by atoms with E-state index in [0.29, 0.717) is 41.6 Å². The van der Waals surface area contributed by atoms with Crippen molar-refractivity contribution in [2.75, 3.05) is 19.7 Å². The number of benzene rings is 1. The first-order chi connectivity index (χ1) is 15.3. The highest BCUT2D eigenvalue weighted by atomic mass is 35.5. The van der Waals surface area contributed by atoms with E-state index in [1.54, 1.807) is 31.2 Å². The maximum absolute atomic E-state index is 12.9. The number of piperidine rings is 1. The van der Waals surface area contributed by atoms with Gasteiger partial charge in [-0.3, -0.25) is 9.59 Å². The fraction of sp³-hybridized carbons (Fsp3) is 0.375. The molecule has 0 N–H and O–H groups in total. The van der Waals surface area contributed by atoms with Gasteiger partial charge in [-0.25, -0.2) is 4.79 Å². The molecule has 0 saturated carbocycles. The molecule has 3 aromatic rings. The summed E-state index contributed by atoms with van der Waals surface area (Å²) < 4.78 is 12.9. The van der Waals surface area contributed by atoms with Crippen molar-refractivity contribution in [2.45, 2.75) is 32.7 Å². The lowest BCUT2D eigenvalue weighted by Gasteiger charge is -2.42. The van der Waals surface area contributed by atoms with Crippen LogP contribution in [-0.4, -0.2) is 35.1 Å². The number of amides is 1. The molecule has 1 aromatic carbocycles. The van der Waals surface area contributed by atoms with Gasteiger partial charge < -0.3 is 18.6 Å². The summed E-state index contributed by atoms with van der Waals surface area (Å²) in [5.41, 5.74) is 2.32. The molecular weight excluding hydrogens is 432 g/mol. The van der Waals surface area contributed by atoms with E-state index >= 15 is 0 Å². The maximum atomic E-state index is 12.9. The number of carbonyl (C=O) groups excluding carboxylic acids is 1. The van der Waals surface area contributed by atoms with Gasteiger partial charge in [0, 0.05) is 54.3 Å². The van der Waals surface area contributed by atoms with Crippen molar-refractivity contribution < 1.29 is 13.9 Å². The number of nitrogens with zero attached hydrogens (tertiary/aromatic N) is 2. The van der Waals surface area contributed by atoms with Gasteiger partial charge >= 0.3 is 5.63 Å². The zero-order valence-corrected chi connectivity index (χ0v) is 18.6. The van der Waals surface area contributed by atoms with Gasteiger partial charge in [-0.1, -0.05) is 17.7 Å². The molecule has 7 nitrogen and oxygen atoms in total. The fourth-order valence-corrected chi connectivity index (χ4v) is 5.10. The lowest BCUT2D eigenvalue weighted by Crippen LogP contribution is -2.50. The predicted molar refractivity (Wildman–Crippen MR) is 121 cm³/mol. The van der Waals surface area contributed by atoms with E-state index in [2.05, 4.69) is 0 Å². The second-order valence-electron chi connectivity index (χ2n) is 8.70. The summed E-state index contributed by atoms with van der Waals surface area (Å²) in [4.78, 5) is 38.9. The van der Waals surface area contributed by atoms with Gasteiger partial charge in [-0.05, 0) is 43.9 Å². The third kappa shape index (κ3) is 3.50. The van der Waals surface area contributed by atoms with Crippen LogP contribution in [0.5, 0.6) is 5.75 Å². The van der Waals surface area contributed by atoms with E-state index < -0.39 is 5.63 Å². The summed E-state index contributed by atoms with van der Waals surface area (Å²) in [5.74, 6) is 0.553. The Bertz CT molecular complexity index is 1360. The standard InChI is InChI=1S/C24H23ClN2O5/c1-13-14(2)24(30)32-20-8-21(18(25)7-17(13)20)31-12-23(29)26-9-15-6-16(11-26)19-4-3-5-22(28)27(19)10-15/h3-5,7-8,15-16H,6,9-12H2,1-2H3/t15-,16-/m1/s1. The molecule has 2 aromatic heterocycles. The Morgan fingerprint density at radius 1 is 1.16 bits per heavy atom. The van der Waals surface area contributed by atoms with Gasteiger partial charge in [0.05, 0.1) is 5.02 Å². The van der Waals surface area contributed by atoms with E-state index in [1.807, 2.05) is 22.5 Å². The van der Waals surface area contributed by atoms with Crippen LogP contribution in [0.2, 0.25) is 5.02 Å². The highest BCUT2D eigenvalue weighted by Crippen LogP contribution is 2.35. The van der Waals surface area contributed by atoms with Crippen LogP contribution in [0.3, 0.4) is 0 Å². The highest BCUT2D eigenvalue weighted by Gasteiger charge is 2.36. The summed E-state index contributed by atoms with van der Waals surface area (Å²) in [7, 11) is 0. The second-order valence-corrected chi connectivity index (χ2v) is 9.11. The number of aryl methyl sites for hydroxylation is 1. The summed E-state index contributed by atoms with van der Waals surface area (Å²) >= 11 is 6.38. The van der Waals surface area contributed by atoms with Crippen LogP contribution in [0, 0.1) is 19.8 Å². The Morgan fingerprint density at radius 3 is 2.78 bits per heavy atom. The van der Waals surface area contributed by atoms with Gasteiger partial charge in [0.2, 0.25) is 0 Å².